The lowest BCUT2D eigenvalue weighted by Gasteiger charge is -2.57. The van der Waals surface area contributed by atoms with Gasteiger partial charge in [0.15, 0.2) is 0 Å². The molecule has 4 aliphatic carbocycles. The van der Waals surface area contributed by atoms with Crippen molar-refractivity contribution in [2.24, 2.45) is 17.8 Å². The van der Waals surface area contributed by atoms with Gasteiger partial charge in [-0.2, -0.15) is 0 Å². The van der Waals surface area contributed by atoms with E-state index in [-0.39, 0.29) is 0 Å². The van der Waals surface area contributed by atoms with Crippen molar-refractivity contribution in [3.8, 4) is 5.75 Å². The van der Waals surface area contributed by atoms with Crippen LogP contribution in [0.5, 0.6) is 5.75 Å². The summed E-state index contributed by atoms with van der Waals surface area (Å²) in [5, 5.41) is 9.68. The van der Waals surface area contributed by atoms with Crippen LogP contribution in [0.25, 0.3) is 0 Å². The molecule has 1 N–H and O–H groups in total. The van der Waals surface area contributed by atoms with E-state index >= 15 is 0 Å². The Kier molecular flexibility index (Phi) is 2.36. The van der Waals surface area contributed by atoms with Gasteiger partial charge in [0.2, 0.25) is 0 Å². The van der Waals surface area contributed by atoms with Crippen LogP contribution >= 0.6 is 15.9 Å². The van der Waals surface area contributed by atoms with E-state index in [0.29, 0.717) is 11.2 Å². The SMILES string of the molecule is Oc1ccc(C23CC4CC(CC(C4)C2)C3)cc1Br. The van der Waals surface area contributed by atoms with Crippen LogP contribution in [0, 0.1) is 17.8 Å². The van der Waals surface area contributed by atoms with Crippen LogP contribution in [0.2, 0.25) is 0 Å². The fourth-order valence-corrected chi connectivity index (χ4v) is 5.68. The highest BCUT2D eigenvalue weighted by atomic mass is 79.9. The Morgan fingerprint density at radius 3 is 2.06 bits per heavy atom. The molecule has 0 aliphatic heterocycles. The van der Waals surface area contributed by atoms with E-state index in [1.54, 1.807) is 0 Å². The number of hydrogen-bond acceptors (Lipinski definition) is 1. The van der Waals surface area contributed by atoms with Gasteiger partial charge in [-0.05, 0) is 95.3 Å². The van der Waals surface area contributed by atoms with Gasteiger partial charge in [-0.15, -0.1) is 0 Å². The number of halogens is 1. The molecule has 4 aliphatic rings. The molecule has 0 heterocycles. The van der Waals surface area contributed by atoms with Gasteiger partial charge in [0, 0.05) is 0 Å². The van der Waals surface area contributed by atoms with Gasteiger partial charge in [0.05, 0.1) is 4.47 Å². The van der Waals surface area contributed by atoms with Crippen LogP contribution in [0.15, 0.2) is 22.7 Å². The van der Waals surface area contributed by atoms with Crippen molar-refractivity contribution < 1.29 is 5.11 Å². The first kappa shape index (κ1) is 11.3. The maximum absolute atomic E-state index is 9.68. The van der Waals surface area contributed by atoms with Gasteiger partial charge in [0.25, 0.3) is 0 Å². The predicted molar refractivity (Wildman–Crippen MR) is 75.7 cm³/mol. The van der Waals surface area contributed by atoms with Crippen LogP contribution in [-0.4, -0.2) is 5.11 Å². The Hall–Kier alpha value is -0.500. The number of phenolic OH excluding ortho intramolecular Hbond substituents is 1. The molecule has 0 atom stereocenters. The second kappa shape index (κ2) is 3.75. The molecule has 4 bridgehead atoms. The Bertz CT molecular complexity index is 459. The topological polar surface area (TPSA) is 20.2 Å². The second-order valence-corrected chi connectivity index (χ2v) is 7.72. The highest BCUT2D eigenvalue weighted by Gasteiger charge is 2.51. The number of phenols is 1. The van der Waals surface area contributed by atoms with Crippen molar-refractivity contribution in [1.29, 1.82) is 0 Å². The van der Waals surface area contributed by atoms with Crippen LogP contribution in [0.4, 0.5) is 0 Å². The van der Waals surface area contributed by atoms with E-state index in [4.69, 9.17) is 0 Å². The average Bonchev–Trinajstić information content (AvgIpc) is 2.31. The monoisotopic (exact) mass is 306 g/mol. The minimum Gasteiger partial charge on any atom is -0.507 e. The fraction of sp³-hybridized carbons (Fsp3) is 0.625. The van der Waals surface area contributed by atoms with Crippen molar-refractivity contribution in [1.82, 2.24) is 0 Å². The molecular weight excluding hydrogens is 288 g/mol. The number of aromatic hydroxyl groups is 1. The first-order valence-electron chi connectivity index (χ1n) is 7.14. The van der Waals surface area contributed by atoms with Crippen molar-refractivity contribution >= 4 is 15.9 Å². The average molecular weight is 307 g/mol. The normalized spacial score (nSPS) is 41.3. The molecular formula is C16H19BrO. The quantitative estimate of drug-likeness (QED) is 0.802. The Labute approximate surface area is 117 Å². The van der Waals surface area contributed by atoms with Gasteiger partial charge >= 0.3 is 0 Å². The Morgan fingerprint density at radius 1 is 1.00 bits per heavy atom. The van der Waals surface area contributed by atoms with Crippen LogP contribution in [0.3, 0.4) is 0 Å². The van der Waals surface area contributed by atoms with Crippen LogP contribution < -0.4 is 0 Å². The van der Waals surface area contributed by atoms with Gasteiger partial charge in [-0.3, -0.25) is 0 Å². The van der Waals surface area contributed by atoms with E-state index in [1.165, 1.54) is 44.1 Å². The predicted octanol–water partition coefficient (Wildman–Crippen LogP) is 4.62. The first-order chi connectivity index (χ1) is 8.64. The molecule has 0 unspecified atom stereocenters. The minimum absolute atomic E-state index is 0.364. The summed E-state index contributed by atoms with van der Waals surface area (Å²) in [5.41, 5.74) is 1.90. The Morgan fingerprint density at radius 2 is 1.56 bits per heavy atom. The smallest absolute Gasteiger partial charge is 0.129 e. The minimum atomic E-state index is 0.364. The first-order valence-corrected chi connectivity index (χ1v) is 7.93. The molecule has 4 fully saturated rings. The molecule has 0 saturated heterocycles. The maximum atomic E-state index is 9.68. The Balaban J connectivity index is 1.76. The highest BCUT2D eigenvalue weighted by molar-refractivity contribution is 9.10. The zero-order valence-corrected chi connectivity index (χ0v) is 12.1. The van der Waals surface area contributed by atoms with Crippen molar-refractivity contribution in [3.05, 3.63) is 28.2 Å². The van der Waals surface area contributed by atoms with Crippen molar-refractivity contribution in [2.75, 3.05) is 0 Å². The molecule has 0 radical (unpaired) electrons. The summed E-state index contributed by atoms with van der Waals surface area (Å²) in [5.74, 6) is 3.29. The lowest BCUT2D eigenvalue weighted by molar-refractivity contribution is -0.00522. The van der Waals surface area contributed by atoms with Crippen molar-refractivity contribution in [3.63, 3.8) is 0 Å². The summed E-state index contributed by atoms with van der Waals surface area (Å²) in [7, 11) is 0. The summed E-state index contributed by atoms with van der Waals surface area (Å²) in [6.45, 7) is 0. The summed E-state index contributed by atoms with van der Waals surface area (Å²) in [6, 6.07) is 6.19. The molecule has 2 heteroatoms. The zero-order chi connectivity index (χ0) is 12.3. The third-order valence-corrected chi connectivity index (χ3v) is 6.23. The van der Waals surface area contributed by atoms with E-state index in [2.05, 4.69) is 28.1 Å². The van der Waals surface area contributed by atoms with E-state index in [9.17, 15) is 5.11 Å². The lowest BCUT2D eigenvalue weighted by atomic mass is 9.48. The van der Waals surface area contributed by atoms with E-state index in [0.717, 1.165) is 22.2 Å². The summed E-state index contributed by atoms with van der Waals surface area (Å²) >= 11 is 3.48. The molecule has 5 rings (SSSR count). The summed E-state index contributed by atoms with van der Waals surface area (Å²) in [6.07, 6.45) is 8.61. The third kappa shape index (κ3) is 1.57. The number of benzene rings is 1. The highest BCUT2D eigenvalue weighted by Crippen LogP contribution is 2.60. The van der Waals surface area contributed by atoms with E-state index in [1.807, 2.05) is 6.07 Å². The van der Waals surface area contributed by atoms with Crippen molar-refractivity contribution in [2.45, 2.75) is 43.9 Å². The largest absolute Gasteiger partial charge is 0.507 e. The molecule has 18 heavy (non-hydrogen) atoms. The number of rotatable bonds is 1. The molecule has 96 valence electrons. The molecule has 0 spiro atoms. The van der Waals surface area contributed by atoms with Gasteiger partial charge < -0.3 is 5.11 Å². The van der Waals surface area contributed by atoms with E-state index < -0.39 is 0 Å². The van der Waals surface area contributed by atoms with Crippen LogP contribution in [-0.2, 0) is 5.41 Å². The lowest BCUT2D eigenvalue weighted by Crippen LogP contribution is -2.48. The third-order valence-electron chi connectivity index (χ3n) is 5.60. The van der Waals surface area contributed by atoms with Gasteiger partial charge in [-0.1, -0.05) is 6.07 Å². The van der Waals surface area contributed by atoms with Crippen LogP contribution in [0.1, 0.15) is 44.1 Å². The maximum Gasteiger partial charge on any atom is 0.129 e. The molecule has 4 saturated carbocycles. The molecule has 1 nitrogen and oxygen atoms in total. The number of hydrogen-bond donors (Lipinski definition) is 1. The standard InChI is InChI=1S/C16H19BrO/c17-14-6-13(1-2-15(14)18)16-7-10-3-11(8-16)5-12(4-10)9-16/h1-2,6,10-12,18H,3-5,7-9H2. The zero-order valence-electron chi connectivity index (χ0n) is 10.5. The summed E-state index contributed by atoms with van der Waals surface area (Å²) < 4.78 is 0.857. The van der Waals surface area contributed by atoms with Gasteiger partial charge in [0.1, 0.15) is 5.75 Å². The molecule has 0 aromatic heterocycles. The molecule has 1 aromatic rings. The molecule has 0 amide bonds. The van der Waals surface area contributed by atoms with Gasteiger partial charge in [-0.25, -0.2) is 0 Å². The summed E-state index contributed by atoms with van der Waals surface area (Å²) in [4.78, 5) is 0. The molecule has 1 aromatic carbocycles. The second-order valence-electron chi connectivity index (χ2n) is 6.86. The fourth-order valence-electron chi connectivity index (χ4n) is 5.30.